The lowest BCUT2D eigenvalue weighted by Gasteiger charge is -2.29. The van der Waals surface area contributed by atoms with Gasteiger partial charge in [-0.25, -0.2) is 0 Å². The molecule has 0 radical (unpaired) electrons. The van der Waals surface area contributed by atoms with Gasteiger partial charge in [0.25, 0.3) is 5.91 Å². The number of methoxy groups -OCH3 is 1. The van der Waals surface area contributed by atoms with Crippen molar-refractivity contribution in [3.63, 3.8) is 0 Å². The van der Waals surface area contributed by atoms with E-state index >= 15 is 0 Å². The van der Waals surface area contributed by atoms with Gasteiger partial charge in [-0.3, -0.25) is 14.5 Å². The SMILES string of the molecule is C/C=C\C=C/Cc1ccc(C(=O)NCC(C)N2CC3(C[C@H]2C(=O)OC)OCCO3)cc1. The van der Waals surface area contributed by atoms with Crippen molar-refractivity contribution in [3.8, 4) is 0 Å². The average Bonchev–Trinajstić information content (AvgIpc) is 3.41. The number of nitrogens with one attached hydrogen (secondary N) is 1. The number of likely N-dealkylation sites (tertiary alicyclic amines) is 1. The van der Waals surface area contributed by atoms with Gasteiger partial charge in [-0.1, -0.05) is 36.4 Å². The van der Waals surface area contributed by atoms with Crippen LogP contribution in [0.4, 0.5) is 0 Å². The van der Waals surface area contributed by atoms with Crippen LogP contribution < -0.4 is 5.32 Å². The van der Waals surface area contributed by atoms with Crippen LogP contribution >= 0.6 is 0 Å². The molecule has 3 rings (SSSR count). The summed E-state index contributed by atoms with van der Waals surface area (Å²) in [4.78, 5) is 26.9. The number of nitrogens with zero attached hydrogens (tertiary/aromatic N) is 1. The number of ether oxygens (including phenoxy) is 3. The van der Waals surface area contributed by atoms with E-state index in [4.69, 9.17) is 14.2 Å². The zero-order chi connectivity index (χ0) is 22.3. The van der Waals surface area contributed by atoms with Crippen LogP contribution in [0.5, 0.6) is 0 Å². The average molecular weight is 429 g/mol. The molecule has 31 heavy (non-hydrogen) atoms. The largest absolute Gasteiger partial charge is 0.468 e. The quantitative estimate of drug-likeness (QED) is 0.506. The second-order valence-corrected chi connectivity index (χ2v) is 7.94. The molecular formula is C24H32N2O5. The summed E-state index contributed by atoms with van der Waals surface area (Å²) in [6, 6.07) is 7.05. The summed E-state index contributed by atoms with van der Waals surface area (Å²) in [6.45, 7) is 5.87. The predicted octanol–water partition coefficient (Wildman–Crippen LogP) is 2.47. The van der Waals surface area contributed by atoms with E-state index in [2.05, 4.69) is 11.4 Å². The molecule has 1 aromatic rings. The van der Waals surface area contributed by atoms with Crippen LogP contribution in [0.15, 0.2) is 48.6 Å². The summed E-state index contributed by atoms with van der Waals surface area (Å²) >= 11 is 0. The fraction of sp³-hybridized carbons (Fsp3) is 0.500. The highest BCUT2D eigenvalue weighted by Crippen LogP contribution is 2.36. The molecule has 1 amide bonds. The zero-order valence-electron chi connectivity index (χ0n) is 18.5. The molecule has 1 unspecified atom stereocenters. The molecule has 0 aromatic heterocycles. The first kappa shape index (κ1) is 23.2. The van der Waals surface area contributed by atoms with Gasteiger partial charge in [-0.15, -0.1) is 0 Å². The summed E-state index contributed by atoms with van der Waals surface area (Å²) in [5.74, 6) is -1.21. The summed E-state index contributed by atoms with van der Waals surface area (Å²) in [5.41, 5.74) is 1.75. The number of carbonyl (C=O) groups excluding carboxylic acids is 2. The molecule has 0 aliphatic carbocycles. The summed E-state index contributed by atoms with van der Waals surface area (Å²) in [7, 11) is 1.38. The Kier molecular flexibility index (Phi) is 8.01. The third-order valence-electron chi connectivity index (χ3n) is 5.75. The van der Waals surface area contributed by atoms with E-state index in [9.17, 15) is 9.59 Å². The third kappa shape index (κ3) is 5.81. The van der Waals surface area contributed by atoms with E-state index in [-0.39, 0.29) is 17.9 Å². The number of amides is 1. The number of rotatable bonds is 8. The van der Waals surface area contributed by atoms with E-state index in [1.807, 2.05) is 61.2 Å². The van der Waals surface area contributed by atoms with Gasteiger partial charge in [0, 0.05) is 24.6 Å². The summed E-state index contributed by atoms with van der Waals surface area (Å²) in [6.07, 6.45) is 9.30. The minimum absolute atomic E-state index is 0.0868. The molecule has 1 N–H and O–H groups in total. The minimum atomic E-state index is -0.756. The number of esters is 1. The second kappa shape index (κ2) is 10.7. The highest BCUT2D eigenvalue weighted by atomic mass is 16.7. The van der Waals surface area contributed by atoms with E-state index < -0.39 is 11.8 Å². The Morgan fingerprint density at radius 2 is 1.97 bits per heavy atom. The Bertz CT molecular complexity index is 812. The molecule has 7 nitrogen and oxygen atoms in total. The van der Waals surface area contributed by atoms with Gasteiger partial charge < -0.3 is 19.5 Å². The highest BCUT2D eigenvalue weighted by molar-refractivity contribution is 5.94. The number of carbonyl (C=O) groups is 2. The van der Waals surface area contributed by atoms with Crippen LogP contribution in [0.3, 0.4) is 0 Å². The van der Waals surface area contributed by atoms with E-state index in [0.717, 1.165) is 12.0 Å². The van der Waals surface area contributed by atoms with Gasteiger partial charge >= 0.3 is 5.97 Å². The maximum Gasteiger partial charge on any atom is 0.323 e. The van der Waals surface area contributed by atoms with Crippen molar-refractivity contribution in [3.05, 3.63) is 59.7 Å². The fourth-order valence-electron chi connectivity index (χ4n) is 4.03. The normalized spacial score (nSPS) is 21.8. The topological polar surface area (TPSA) is 77.1 Å². The van der Waals surface area contributed by atoms with Crippen LogP contribution in [0.25, 0.3) is 0 Å². The van der Waals surface area contributed by atoms with Crippen LogP contribution in [-0.2, 0) is 25.4 Å². The smallest absolute Gasteiger partial charge is 0.323 e. The lowest BCUT2D eigenvalue weighted by atomic mass is 10.1. The molecule has 2 aliphatic heterocycles. The highest BCUT2D eigenvalue weighted by Gasteiger charge is 2.52. The van der Waals surface area contributed by atoms with Gasteiger partial charge in [0.1, 0.15) is 6.04 Å². The molecule has 1 spiro atoms. The molecular weight excluding hydrogens is 396 g/mol. The molecule has 2 aliphatic rings. The molecule has 1 aromatic carbocycles. The van der Waals surface area contributed by atoms with Gasteiger partial charge in [0.05, 0.1) is 26.9 Å². The molecule has 168 valence electrons. The fourth-order valence-corrected chi connectivity index (χ4v) is 4.03. The van der Waals surface area contributed by atoms with Crippen LogP contribution in [-0.4, -0.2) is 68.1 Å². The van der Waals surface area contributed by atoms with Crippen molar-refractivity contribution in [2.75, 3.05) is 33.4 Å². The van der Waals surface area contributed by atoms with E-state index in [0.29, 0.717) is 38.3 Å². The molecule has 2 fully saturated rings. The molecule has 0 saturated carbocycles. The van der Waals surface area contributed by atoms with E-state index in [1.165, 1.54) is 7.11 Å². The predicted molar refractivity (Wildman–Crippen MR) is 118 cm³/mol. The Morgan fingerprint density at radius 1 is 1.26 bits per heavy atom. The number of allylic oxidation sites excluding steroid dienone is 4. The van der Waals surface area contributed by atoms with Gasteiger partial charge in [0.2, 0.25) is 0 Å². The maximum absolute atomic E-state index is 12.6. The molecule has 2 saturated heterocycles. The van der Waals surface area contributed by atoms with Crippen molar-refractivity contribution in [2.24, 2.45) is 0 Å². The van der Waals surface area contributed by atoms with Crippen LogP contribution in [0.1, 0.15) is 36.2 Å². The maximum atomic E-state index is 12.6. The number of benzene rings is 1. The van der Waals surface area contributed by atoms with Crippen LogP contribution in [0.2, 0.25) is 0 Å². The van der Waals surface area contributed by atoms with Crippen LogP contribution in [0, 0.1) is 0 Å². The minimum Gasteiger partial charge on any atom is -0.468 e. The lowest BCUT2D eigenvalue weighted by Crippen LogP contribution is -2.48. The standard InChI is InChI=1S/C24H32N2O5/c1-4-5-6-7-8-19-9-11-20(12-10-19)22(27)25-16-18(2)26-17-24(30-13-14-31-24)15-21(26)23(28)29-3/h4-7,9-12,18,21H,8,13-17H2,1-3H3,(H,25,27)/b5-4-,7-6-/t18?,21-/m0/s1. The first-order valence-electron chi connectivity index (χ1n) is 10.7. The van der Waals surface area contributed by atoms with Crippen molar-refractivity contribution in [1.82, 2.24) is 10.2 Å². The summed E-state index contributed by atoms with van der Waals surface area (Å²) < 4.78 is 16.6. The summed E-state index contributed by atoms with van der Waals surface area (Å²) in [5, 5.41) is 2.97. The van der Waals surface area contributed by atoms with E-state index in [1.54, 1.807) is 0 Å². The second-order valence-electron chi connectivity index (χ2n) is 7.94. The van der Waals surface area contributed by atoms with Gasteiger partial charge in [-0.05, 0) is 38.0 Å². The lowest BCUT2D eigenvalue weighted by molar-refractivity contribution is -0.152. The van der Waals surface area contributed by atoms with Crippen molar-refractivity contribution >= 4 is 11.9 Å². The molecule has 2 atom stereocenters. The Labute approximate surface area is 184 Å². The third-order valence-corrected chi connectivity index (χ3v) is 5.75. The molecule has 2 heterocycles. The van der Waals surface area contributed by atoms with Crippen molar-refractivity contribution < 1.29 is 23.8 Å². The van der Waals surface area contributed by atoms with Crippen molar-refractivity contribution in [2.45, 2.75) is 44.6 Å². The molecule has 7 heteroatoms. The monoisotopic (exact) mass is 428 g/mol. The first-order chi connectivity index (χ1) is 15.0. The van der Waals surface area contributed by atoms with Gasteiger partial charge in [0.15, 0.2) is 5.79 Å². The number of hydrogen-bond acceptors (Lipinski definition) is 6. The van der Waals surface area contributed by atoms with Crippen molar-refractivity contribution in [1.29, 1.82) is 0 Å². The zero-order valence-corrected chi connectivity index (χ0v) is 18.5. The Balaban J connectivity index is 1.55. The van der Waals surface area contributed by atoms with Gasteiger partial charge in [-0.2, -0.15) is 0 Å². The Morgan fingerprint density at radius 3 is 2.61 bits per heavy atom. The molecule has 0 bridgehead atoms. The Hall–Kier alpha value is -2.48. The first-order valence-corrected chi connectivity index (χ1v) is 10.7. The number of hydrogen-bond donors (Lipinski definition) is 1.